The molecule has 1 amide bonds. The van der Waals surface area contributed by atoms with Crippen LogP contribution < -0.4 is 5.32 Å². The lowest BCUT2D eigenvalue weighted by Crippen LogP contribution is -2.30. The van der Waals surface area contributed by atoms with E-state index in [-0.39, 0.29) is 18.6 Å². The fourth-order valence-corrected chi connectivity index (χ4v) is 2.82. The average molecular weight is 261 g/mol. The van der Waals surface area contributed by atoms with Gasteiger partial charge in [-0.25, -0.2) is 0 Å². The molecule has 19 heavy (non-hydrogen) atoms. The lowest BCUT2D eigenvalue weighted by atomic mass is 10.0. The second-order valence-electron chi connectivity index (χ2n) is 5.40. The molecule has 1 fully saturated rings. The number of aliphatic hydroxyl groups is 1. The first-order valence-electron chi connectivity index (χ1n) is 7.24. The third kappa shape index (κ3) is 4.35. The number of benzene rings is 1. The van der Waals surface area contributed by atoms with Gasteiger partial charge >= 0.3 is 0 Å². The molecule has 0 aliphatic heterocycles. The standard InChI is InChI=1S/C16H23NO2/c18-12-15(14-8-2-1-3-9-14)17-16(19)11-10-13-6-4-5-7-13/h1-3,8-9,13,15,18H,4-7,10-12H2,(H,17,19). The molecule has 1 unspecified atom stereocenters. The maximum absolute atomic E-state index is 11.9. The van der Waals surface area contributed by atoms with Crippen LogP contribution in [0.4, 0.5) is 0 Å². The van der Waals surface area contributed by atoms with Crippen molar-refractivity contribution in [3.8, 4) is 0 Å². The van der Waals surface area contributed by atoms with Crippen molar-refractivity contribution in [3.63, 3.8) is 0 Å². The molecule has 104 valence electrons. The van der Waals surface area contributed by atoms with Crippen LogP contribution in [0.2, 0.25) is 0 Å². The van der Waals surface area contributed by atoms with Gasteiger partial charge in [-0.05, 0) is 17.9 Å². The number of amides is 1. The predicted octanol–water partition coefficient (Wildman–Crippen LogP) is 2.81. The highest BCUT2D eigenvalue weighted by atomic mass is 16.3. The Kier molecular flexibility index (Phi) is 5.40. The minimum atomic E-state index is -0.280. The predicted molar refractivity (Wildman–Crippen MR) is 75.6 cm³/mol. The summed E-state index contributed by atoms with van der Waals surface area (Å²) < 4.78 is 0. The largest absolute Gasteiger partial charge is 0.394 e. The van der Waals surface area contributed by atoms with Crippen molar-refractivity contribution in [1.82, 2.24) is 5.32 Å². The number of rotatable bonds is 6. The molecular weight excluding hydrogens is 238 g/mol. The van der Waals surface area contributed by atoms with E-state index in [2.05, 4.69) is 5.32 Å². The molecule has 2 N–H and O–H groups in total. The van der Waals surface area contributed by atoms with Gasteiger partial charge in [-0.2, -0.15) is 0 Å². The Bertz CT molecular complexity index is 385. The first-order valence-corrected chi connectivity index (χ1v) is 7.24. The summed E-state index contributed by atoms with van der Waals surface area (Å²) in [5.41, 5.74) is 0.958. The van der Waals surface area contributed by atoms with Gasteiger partial charge < -0.3 is 10.4 Å². The zero-order chi connectivity index (χ0) is 13.5. The highest BCUT2D eigenvalue weighted by molar-refractivity contribution is 5.76. The fraction of sp³-hybridized carbons (Fsp3) is 0.562. The number of carbonyl (C=O) groups is 1. The van der Waals surface area contributed by atoms with Crippen LogP contribution in [-0.2, 0) is 4.79 Å². The molecule has 1 aromatic carbocycles. The number of hydrogen-bond acceptors (Lipinski definition) is 2. The molecule has 3 heteroatoms. The van der Waals surface area contributed by atoms with Gasteiger partial charge in [0, 0.05) is 6.42 Å². The van der Waals surface area contributed by atoms with E-state index in [9.17, 15) is 9.90 Å². The summed E-state index contributed by atoms with van der Waals surface area (Å²) in [5, 5.41) is 12.3. The Hall–Kier alpha value is -1.35. The smallest absolute Gasteiger partial charge is 0.220 e. The zero-order valence-electron chi connectivity index (χ0n) is 11.3. The second kappa shape index (κ2) is 7.29. The summed E-state index contributed by atoms with van der Waals surface area (Å²) >= 11 is 0. The van der Waals surface area contributed by atoms with Gasteiger partial charge in [0.2, 0.25) is 5.91 Å². The molecule has 0 aromatic heterocycles. The molecule has 1 atom stereocenters. The van der Waals surface area contributed by atoms with Crippen molar-refractivity contribution in [2.24, 2.45) is 5.92 Å². The van der Waals surface area contributed by atoms with Crippen molar-refractivity contribution >= 4 is 5.91 Å². The Morgan fingerprint density at radius 2 is 1.95 bits per heavy atom. The first-order chi connectivity index (χ1) is 9.29. The maximum Gasteiger partial charge on any atom is 0.220 e. The van der Waals surface area contributed by atoms with Gasteiger partial charge in [-0.3, -0.25) is 4.79 Å². The summed E-state index contributed by atoms with van der Waals surface area (Å²) in [6.07, 6.45) is 6.74. The van der Waals surface area contributed by atoms with Crippen molar-refractivity contribution in [2.75, 3.05) is 6.61 Å². The second-order valence-corrected chi connectivity index (χ2v) is 5.40. The molecule has 1 saturated carbocycles. The molecule has 1 aliphatic rings. The molecule has 0 heterocycles. The summed E-state index contributed by atoms with van der Waals surface area (Å²) in [4.78, 5) is 11.9. The quantitative estimate of drug-likeness (QED) is 0.827. The first kappa shape index (κ1) is 14.1. The molecule has 1 aromatic rings. The Labute approximate surface area is 115 Å². The van der Waals surface area contributed by atoms with Crippen LogP contribution in [0.1, 0.15) is 50.1 Å². The number of nitrogens with one attached hydrogen (secondary N) is 1. The van der Waals surface area contributed by atoms with Crippen molar-refractivity contribution in [3.05, 3.63) is 35.9 Å². The van der Waals surface area contributed by atoms with Crippen molar-refractivity contribution in [1.29, 1.82) is 0 Å². The Balaban J connectivity index is 1.79. The van der Waals surface area contributed by atoms with Crippen LogP contribution in [0, 0.1) is 5.92 Å². The molecule has 0 radical (unpaired) electrons. The summed E-state index contributed by atoms with van der Waals surface area (Å²) in [5.74, 6) is 0.782. The molecule has 3 nitrogen and oxygen atoms in total. The fourth-order valence-electron chi connectivity index (χ4n) is 2.82. The average Bonchev–Trinajstić information content (AvgIpc) is 2.97. The lowest BCUT2D eigenvalue weighted by Gasteiger charge is -2.17. The molecule has 0 spiro atoms. The van der Waals surface area contributed by atoms with Gasteiger partial charge in [0.05, 0.1) is 12.6 Å². The van der Waals surface area contributed by atoms with Crippen molar-refractivity contribution < 1.29 is 9.90 Å². The van der Waals surface area contributed by atoms with Crippen LogP contribution >= 0.6 is 0 Å². The van der Waals surface area contributed by atoms with E-state index < -0.39 is 0 Å². The third-order valence-electron chi connectivity index (χ3n) is 3.97. The van der Waals surface area contributed by atoms with Crippen molar-refractivity contribution in [2.45, 2.75) is 44.6 Å². The van der Waals surface area contributed by atoms with Gasteiger partial charge in [-0.15, -0.1) is 0 Å². The minimum absolute atomic E-state index is 0.0507. The molecule has 0 saturated heterocycles. The van der Waals surface area contributed by atoms with Gasteiger partial charge in [0.1, 0.15) is 0 Å². The molecule has 2 rings (SSSR count). The van der Waals surface area contributed by atoms with Crippen LogP contribution in [-0.4, -0.2) is 17.6 Å². The van der Waals surface area contributed by atoms with Crippen LogP contribution in [0.3, 0.4) is 0 Å². The SMILES string of the molecule is O=C(CCC1CCCC1)NC(CO)c1ccccc1. The van der Waals surface area contributed by atoms with E-state index in [1.165, 1.54) is 25.7 Å². The van der Waals surface area contributed by atoms with Crippen LogP contribution in [0.5, 0.6) is 0 Å². The van der Waals surface area contributed by atoms with Crippen LogP contribution in [0.25, 0.3) is 0 Å². The van der Waals surface area contributed by atoms with E-state index in [0.717, 1.165) is 17.9 Å². The minimum Gasteiger partial charge on any atom is -0.394 e. The van der Waals surface area contributed by atoms with E-state index in [0.29, 0.717) is 6.42 Å². The maximum atomic E-state index is 11.9. The Morgan fingerprint density at radius 3 is 2.58 bits per heavy atom. The van der Waals surface area contributed by atoms with E-state index in [4.69, 9.17) is 0 Å². The monoisotopic (exact) mass is 261 g/mol. The highest BCUT2D eigenvalue weighted by Crippen LogP contribution is 2.28. The number of aliphatic hydroxyl groups excluding tert-OH is 1. The summed E-state index contributed by atoms with van der Waals surface area (Å²) in [7, 11) is 0. The highest BCUT2D eigenvalue weighted by Gasteiger charge is 2.18. The normalized spacial score (nSPS) is 17.3. The number of carbonyl (C=O) groups excluding carboxylic acids is 1. The van der Waals surface area contributed by atoms with Crippen LogP contribution in [0.15, 0.2) is 30.3 Å². The third-order valence-corrected chi connectivity index (χ3v) is 3.97. The van der Waals surface area contributed by atoms with Gasteiger partial charge in [0.15, 0.2) is 0 Å². The zero-order valence-corrected chi connectivity index (χ0v) is 11.3. The number of hydrogen-bond donors (Lipinski definition) is 2. The molecule has 1 aliphatic carbocycles. The molecule has 0 bridgehead atoms. The van der Waals surface area contributed by atoms with E-state index >= 15 is 0 Å². The van der Waals surface area contributed by atoms with E-state index in [1.807, 2.05) is 30.3 Å². The lowest BCUT2D eigenvalue weighted by molar-refractivity contribution is -0.122. The van der Waals surface area contributed by atoms with Gasteiger partial charge in [-0.1, -0.05) is 56.0 Å². The van der Waals surface area contributed by atoms with E-state index in [1.54, 1.807) is 0 Å². The van der Waals surface area contributed by atoms with Gasteiger partial charge in [0.25, 0.3) is 0 Å². The summed E-state index contributed by atoms with van der Waals surface area (Å²) in [6.45, 7) is -0.0564. The molecular formula is C16H23NO2. The summed E-state index contributed by atoms with van der Waals surface area (Å²) in [6, 6.07) is 9.35. The topological polar surface area (TPSA) is 49.3 Å². The Morgan fingerprint density at radius 1 is 1.26 bits per heavy atom.